The molecule has 1 heterocycles. The Kier molecular flexibility index (Phi) is 12.9. The number of benzene rings is 1. The Bertz CT molecular complexity index is 1040. The fourth-order valence-electron chi connectivity index (χ4n) is 4.29. The van der Waals surface area contributed by atoms with Crippen LogP contribution in [0, 0.1) is 5.92 Å². The van der Waals surface area contributed by atoms with Gasteiger partial charge in [-0.15, -0.1) is 0 Å². The van der Waals surface area contributed by atoms with Crippen molar-refractivity contribution >= 4 is 30.0 Å². The fraction of sp³-hybridized carbons (Fsp3) is 0.621. The standard InChI is InChI=1S/C29H44N4O8/c1-19(2)23(32-24(34)22-15-11-17-33(22)28(38)41-29(3,4)5)25(35)31-21(26(36)39-6)14-10-16-30-27(37)40-18-20-12-8-7-9-13-20/h7-9,12-13,19,21-23H,10-11,14-18H2,1-6H3,(H,30,37)(H,31,35)(H,32,34)/t21-,22-,23+/m0/s1. The summed E-state index contributed by atoms with van der Waals surface area (Å²) in [5.41, 5.74) is 0.149. The highest BCUT2D eigenvalue weighted by atomic mass is 16.6. The molecular formula is C29H44N4O8. The second-order valence-corrected chi connectivity index (χ2v) is 11.3. The van der Waals surface area contributed by atoms with E-state index in [1.807, 2.05) is 30.3 Å². The summed E-state index contributed by atoms with van der Waals surface area (Å²) in [5.74, 6) is -1.98. The average Bonchev–Trinajstić information content (AvgIpc) is 3.41. The number of nitrogens with one attached hydrogen (secondary N) is 3. The zero-order valence-corrected chi connectivity index (χ0v) is 24.9. The normalized spacial score (nSPS) is 16.4. The van der Waals surface area contributed by atoms with Crippen LogP contribution in [0.1, 0.15) is 65.9 Å². The molecule has 0 aromatic heterocycles. The Morgan fingerprint density at radius 1 is 1.05 bits per heavy atom. The van der Waals surface area contributed by atoms with Crippen LogP contribution in [0.2, 0.25) is 0 Å². The number of amides is 4. The maximum atomic E-state index is 13.2. The van der Waals surface area contributed by atoms with Crippen LogP contribution in [0.25, 0.3) is 0 Å². The first-order valence-corrected chi connectivity index (χ1v) is 13.9. The molecule has 1 aliphatic heterocycles. The molecular weight excluding hydrogens is 532 g/mol. The number of esters is 1. The molecule has 4 amide bonds. The van der Waals surface area contributed by atoms with Gasteiger partial charge in [0.25, 0.3) is 0 Å². The quantitative estimate of drug-likeness (QED) is 0.195. The van der Waals surface area contributed by atoms with Crippen LogP contribution in [0.4, 0.5) is 9.59 Å². The largest absolute Gasteiger partial charge is 0.467 e. The third-order valence-corrected chi connectivity index (χ3v) is 6.38. The van der Waals surface area contributed by atoms with Crippen molar-refractivity contribution in [3.63, 3.8) is 0 Å². The summed E-state index contributed by atoms with van der Waals surface area (Å²) in [4.78, 5) is 64.7. The number of nitrogens with zero attached hydrogens (tertiary/aromatic N) is 1. The van der Waals surface area contributed by atoms with Crippen molar-refractivity contribution in [1.82, 2.24) is 20.9 Å². The van der Waals surface area contributed by atoms with Crippen LogP contribution in [0.5, 0.6) is 0 Å². The summed E-state index contributed by atoms with van der Waals surface area (Å²) >= 11 is 0. The lowest BCUT2D eigenvalue weighted by Crippen LogP contribution is -2.57. The van der Waals surface area contributed by atoms with E-state index in [1.165, 1.54) is 12.0 Å². The Labute approximate surface area is 241 Å². The molecule has 0 radical (unpaired) electrons. The summed E-state index contributed by atoms with van der Waals surface area (Å²) < 4.78 is 15.4. The summed E-state index contributed by atoms with van der Waals surface area (Å²) in [6, 6.07) is 6.54. The van der Waals surface area contributed by atoms with Gasteiger partial charge in [-0.05, 0) is 57.9 Å². The van der Waals surface area contributed by atoms with Gasteiger partial charge in [-0.3, -0.25) is 14.5 Å². The van der Waals surface area contributed by atoms with E-state index < -0.39 is 53.7 Å². The van der Waals surface area contributed by atoms with Crippen molar-refractivity contribution in [3.05, 3.63) is 35.9 Å². The molecule has 1 aromatic carbocycles. The van der Waals surface area contributed by atoms with Gasteiger partial charge in [0.2, 0.25) is 11.8 Å². The first-order chi connectivity index (χ1) is 19.3. The van der Waals surface area contributed by atoms with Crippen LogP contribution >= 0.6 is 0 Å². The minimum atomic E-state index is -0.988. The number of hydrogen-bond donors (Lipinski definition) is 3. The second kappa shape index (κ2) is 15.8. The maximum Gasteiger partial charge on any atom is 0.410 e. The van der Waals surface area contributed by atoms with Crippen molar-refractivity contribution in [3.8, 4) is 0 Å². The molecule has 0 unspecified atom stereocenters. The highest BCUT2D eigenvalue weighted by Gasteiger charge is 2.39. The summed E-state index contributed by atoms with van der Waals surface area (Å²) in [6.07, 6.45) is 0.445. The minimum Gasteiger partial charge on any atom is -0.467 e. The average molecular weight is 577 g/mol. The van der Waals surface area contributed by atoms with Crippen LogP contribution in [-0.2, 0) is 35.2 Å². The van der Waals surface area contributed by atoms with Gasteiger partial charge in [0.1, 0.15) is 30.3 Å². The lowest BCUT2D eigenvalue weighted by atomic mass is 10.0. The molecule has 3 atom stereocenters. The maximum absolute atomic E-state index is 13.2. The van der Waals surface area contributed by atoms with Gasteiger partial charge < -0.3 is 30.2 Å². The zero-order chi connectivity index (χ0) is 30.6. The number of ether oxygens (including phenoxy) is 3. The third kappa shape index (κ3) is 11.3. The predicted octanol–water partition coefficient (Wildman–Crippen LogP) is 2.89. The number of alkyl carbamates (subject to hydrolysis) is 1. The van der Waals surface area contributed by atoms with Crippen LogP contribution < -0.4 is 16.0 Å². The highest BCUT2D eigenvalue weighted by Crippen LogP contribution is 2.21. The molecule has 228 valence electrons. The Morgan fingerprint density at radius 3 is 2.34 bits per heavy atom. The third-order valence-electron chi connectivity index (χ3n) is 6.38. The summed E-state index contributed by atoms with van der Waals surface area (Å²) in [6.45, 7) is 9.51. The first kappa shape index (κ1) is 33.4. The van der Waals surface area contributed by atoms with E-state index in [2.05, 4.69) is 16.0 Å². The number of rotatable bonds is 12. The molecule has 3 N–H and O–H groups in total. The molecule has 41 heavy (non-hydrogen) atoms. The molecule has 1 aromatic rings. The Morgan fingerprint density at radius 2 is 1.73 bits per heavy atom. The van der Waals surface area contributed by atoms with Crippen molar-refractivity contribution in [2.45, 2.75) is 90.6 Å². The van der Waals surface area contributed by atoms with Gasteiger partial charge in [-0.2, -0.15) is 0 Å². The monoisotopic (exact) mass is 576 g/mol. The van der Waals surface area contributed by atoms with Crippen molar-refractivity contribution in [2.75, 3.05) is 20.2 Å². The topological polar surface area (TPSA) is 152 Å². The molecule has 2 rings (SSSR count). The van der Waals surface area contributed by atoms with E-state index in [1.54, 1.807) is 34.6 Å². The lowest BCUT2D eigenvalue weighted by molar-refractivity contribution is -0.145. The number of methoxy groups -OCH3 is 1. The molecule has 0 saturated carbocycles. The number of hydrogen-bond acceptors (Lipinski definition) is 8. The summed E-state index contributed by atoms with van der Waals surface area (Å²) in [5, 5.41) is 8.04. The van der Waals surface area contributed by atoms with Gasteiger partial charge in [-0.1, -0.05) is 44.2 Å². The van der Waals surface area contributed by atoms with Crippen LogP contribution in [-0.4, -0.2) is 78.8 Å². The Balaban J connectivity index is 1.91. The van der Waals surface area contributed by atoms with E-state index in [9.17, 15) is 24.0 Å². The number of carbonyl (C=O) groups excluding carboxylic acids is 5. The molecule has 1 aliphatic rings. The molecule has 12 nitrogen and oxygen atoms in total. The molecule has 12 heteroatoms. The van der Waals surface area contributed by atoms with Gasteiger partial charge in [-0.25, -0.2) is 14.4 Å². The number of carbonyl (C=O) groups is 5. The molecule has 1 fully saturated rings. The summed E-state index contributed by atoms with van der Waals surface area (Å²) in [7, 11) is 1.22. The van der Waals surface area contributed by atoms with Gasteiger partial charge in [0.15, 0.2) is 0 Å². The van der Waals surface area contributed by atoms with Crippen molar-refractivity contribution < 1.29 is 38.2 Å². The van der Waals surface area contributed by atoms with E-state index in [4.69, 9.17) is 14.2 Å². The molecule has 1 saturated heterocycles. The van der Waals surface area contributed by atoms with E-state index >= 15 is 0 Å². The van der Waals surface area contributed by atoms with Gasteiger partial charge in [0, 0.05) is 13.1 Å². The van der Waals surface area contributed by atoms with Gasteiger partial charge >= 0.3 is 18.2 Å². The highest BCUT2D eigenvalue weighted by molar-refractivity contribution is 5.93. The Hall–Kier alpha value is -3.83. The smallest absolute Gasteiger partial charge is 0.410 e. The van der Waals surface area contributed by atoms with Gasteiger partial charge in [0.05, 0.1) is 7.11 Å². The minimum absolute atomic E-state index is 0.131. The van der Waals surface area contributed by atoms with E-state index in [0.717, 1.165) is 5.56 Å². The zero-order valence-electron chi connectivity index (χ0n) is 24.9. The van der Waals surface area contributed by atoms with Crippen molar-refractivity contribution in [1.29, 1.82) is 0 Å². The molecule has 0 bridgehead atoms. The van der Waals surface area contributed by atoms with E-state index in [-0.39, 0.29) is 25.5 Å². The van der Waals surface area contributed by atoms with Crippen LogP contribution in [0.15, 0.2) is 30.3 Å². The van der Waals surface area contributed by atoms with Crippen LogP contribution in [0.3, 0.4) is 0 Å². The molecule has 0 aliphatic carbocycles. The molecule has 0 spiro atoms. The predicted molar refractivity (Wildman–Crippen MR) is 151 cm³/mol. The number of likely N-dealkylation sites (tertiary alicyclic amines) is 1. The van der Waals surface area contributed by atoms with E-state index in [0.29, 0.717) is 25.8 Å². The first-order valence-electron chi connectivity index (χ1n) is 13.9. The fourth-order valence-corrected chi connectivity index (χ4v) is 4.29. The SMILES string of the molecule is COC(=O)[C@H](CCCNC(=O)OCc1ccccc1)NC(=O)[C@H](NC(=O)[C@@H]1CCCN1C(=O)OC(C)(C)C)C(C)C. The second-order valence-electron chi connectivity index (χ2n) is 11.3. The van der Waals surface area contributed by atoms with Crippen molar-refractivity contribution in [2.24, 2.45) is 5.92 Å². The lowest BCUT2D eigenvalue weighted by Gasteiger charge is -2.30.